The van der Waals surface area contributed by atoms with Crippen molar-refractivity contribution in [3.05, 3.63) is 29.8 Å². The van der Waals surface area contributed by atoms with E-state index in [9.17, 15) is 14.4 Å². The van der Waals surface area contributed by atoms with Crippen LogP contribution in [0.15, 0.2) is 24.3 Å². The maximum Gasteiger partial charge on any atom is 0.338 e. The van der Waals surface area contributed by atoms with Crippen LogP contribution in [-0.4, -0.2) is 30.4 Å². The van der Waals surface area contributed by atoms with Gasteiger partial charge in [-0.15, -0.1) is 0 Å². The van der Waals surface area contributed by atoms with Gasteiger partial charge >= 0.3 is 5.97 Å². The highest BCUT2D eigenvalue weighted by molar-refractivity contribution is 5.96. The van der Waals surface area contributed by atoms with Gasteiger partial charge in [0, 0.05) is 11.7 Å². The summed E-state index contributed by atoms with van der Waals surface area (Å²) in [5.41, 5.74) is 0.853. The Morgan fingerprint density at radius 1 is 1.00 bits per heavy atom. The number of carbonyl (C=O) groups excluding carboxylic acids is 3. The molecule has 0 spiro atoms. The van der Waals surface area contributed by atoms with E-state index in [0.717, 1.165) is 37.0 Å². The topological polar surface area (TPSA) is 84.5 Å². The predicted molar refractivity (Wildman–Crippen MR) is 109 cm³/mol. The van der Waals surface area contributed by atoms with Crippen LogP contribution in [0.3, 0.4) is 0 Å². The molecule has 4 aliphatic rings. The number of hydrogen-bond donors (Lipinski definition) is 2. The molecule has 0 heterocycles. The third-order valence-electron chi connectivity index (χ3n) is 6.68. The van der Waals surface area contributed by atoms with Crippen molar-refractivity contribution < 1.29 is 19.1 Å². The van der Waals surface area contributed by atoms with Gasteiger partial charge in [0.05, 0.1) is 11.0 Å². The molecule has 5 rings (SSSR count). The number of carbonyl (C=O) groups is 3. The molecule has 29 heavy (non-hydrogen) atoms. The average Bonchev–Trinajstić information content (AvgIpc) is 2.65. The summed E-state index contributed by atoms with van der Waals surface area (Å²) in [5, 5.41) is 5.75. The Kier molecular flexibility index (Phi) is 5.36. The van der Waals surface area contributed by atoms with Crippen molar-refractivity contribution in [3.63, 3.8) is 0 Å². The largest absolute Gasteiger partial charge is 0.452 e. The van der Waals surface area contributed by atoms with Crippen molar-refractivity contribution in [3.8, 4) is 0 Å². The van der Waals surface area contributed by atoms with Crippen LogP contribution < -0.4 is 10.6 Å². The Labute approximate surface area is 171 Å². The van der Waals surface area contributed by atoms with Gasteiger partial charge in [-0.1, -0.05) is 0 Å². The minimum atomic E-state index is -0.553. The number of rotatable bonds is 6. The summed E-state index contributed by atoms with van der Waals surface area (Å²) in [4.78, 5) is 36.8. The van der Waals surface area contributed by atoms with Crippen molar-refractivity contribution in [2.24, 2.45) is 23.2 Å². The molecule has 4 bridgehead atoms. The van der Waals surface area contributed by atoms with Crippen LogP contribution in [0, 0.1) is 23.2 Å². The number of ether oxygens (including phenoxy) is 1. The van der Waals surface area contributed by atoms with Crippen LogP contribution in [0.2, 0.25) is 0 Å². The van der Waals surface area contributed by atoms with Crippen molar-refractivity contribution in [2.45, 2.75) is 58.4 Å². The van der Waals surface area contributed by atoms with Crippen LogP contribution in [0.4, 0.5) is 5.69 Å². The highest BCUT2D eigenvalue weighted by atomic mass is 16.5. The van der Waals surface area contributed by atoms with Crippen LogP contribution in [-0.2, 0) is 14.3 Å². The van der Waals surface area contributed by atoms with Gasteiger partial charge in [0.1, 0.15) is 0 Å². The second-order valence-corrected chi connectivity index (χ2v) is 9.53. The molecule has 4 aliphatic carbocycles. The number of amides is 2. The van der Waals surface area contributed by atoms with Gasteiger partial charge in [0.25, 0.3) is 5.91 Å². The number of esters is 1. The lowest BCUT2D eigenvalue weighted by Crippen LogP contribution is -2.51. The van der Waals surface area contributed by atoms with Gasteiger partial charge < -0.3 is 15.4 Å². The van der Waals surface area contributed by atoms with Crippen molar-refractivity contribution in [1.29, 1.82) is 0 Å². The van der Waals surface area contributed by atoms with E-state index in [-0.39, 0.29) is 29.9 Å². The van der Waals surface area contributed by atoms with E-state index in [2.05, 4.69) is 10.6 Å². The standard InChI is InChI=1S/C23H30N2O4/c1-14(2)24-20(26)13-29-21(27)18-3-5-19(6-4-18)25-22(28)23-10-15-7-16(11-23)9-17(8-15)12-23/h3-6,14-17H,7-13H2,1-2H3,(H,24,26)(H,25,28). The fraction of sp³-hybridized carbons (Fsp3) is 0.609. The molecule has 0 aromatic heterocycles. The summed E-state index contributed by atoms with van der Waals surface area (Å²) in [6, 6.07) is 6.69. The van der Waals surface area contributed by atoms with E-state index in [4.69, 9.17) is 4.74 Å². The van der Waals surface area contributed by atoms with Crippen LogP contribution in [0.5, 0.6) is 0 Å². The monoisotopic (exact) mass is 398 g/mol. The number of hydrogen-bond acceptors (Lipinski definition) is 4. The van der Waals surface area contributed by atoms with E-state index in [1.54, 1.807) is 24.3 Å². The quantitative estimate of drug-likeness (QED) is 0.718. The first-order chi connectivity index (χ1) is 13.8. The van der Waals surface area contributed by atoms with E-state index >= 15 is 0 Å². The van der Waals surface area contributed by atoms with E-state index in [0.29, 0.717) is 11.3 Å². The Balaban J connectivity index is 1.33. The third kappa shape index (κ3) is 4.31. The zero-order valence-electron chi connectivity index (χ0n) is 17.2. The SMILES string of the molecule is CC(C)NC(=O)COC(=O)c1ccc(NC(=O)C23CC4CC(CC(C4)C2)C3)cc1. The minimum absolute atomic E-state index is 0.00179. The van der Waals surface area contributed by atoms with Crippen molar-refractivity contribution >= 4 is 23.5 Å². The third-order valence-corrected chi connectivity index (χ3v) is 6.68. The molecule has 1 aromatic carbocycles. The lowest BCUT2D eigenvalue weighted by molar-refractivity contribution is -0.140. The summed E-state index contributed by atoms with van der Waals surface area (Å²) in [7, 11) is 0. The lowest BCUT2D eigenvalue weighted by atomic mass is 9.49. The van der Waals surface area contributed by atoms with Gasteiger partial charge in [0.15, 0.2) is 6.61 Å². The van der Waals surface area contributed by atoms with Crippen LogP contribution in [0.1, 0.15) is 62.7 Å². The molecule has 156 valence electrons. The molecule has 4 saturated carbocycles. The highest BCUT2D eigenvalue weighted by Gasteiger charge is 2.54. The van der Waals surface area contributed by atoms with Gasteiger partial charge in [0.2, 0.25) is 5.91 Å². The molecule has 4 fully saturated rings. The summed E-state index contributed by atoms with van der Waals surface area (Å²) in [6.45, 7) is 3.38. The van der Waals surface area contributed by atoms with Crippen LogP contribution >= 0.6 is 0 Å². The maximum atomic E-state index is 13.1. The van der Waals surface area contributed by atoms with E-state index < -0.39 is 5.97 Å². The highest BCUT2D eigenvalue weighted by Crippen LogP contribution is 2.60. The van der Waals surface area contributed by atoms with Crippen LogP contribution in [0.25, 0.3) is 0 Å². The van der Waals surface area contributed by atoms with E-state index in [1.165, 1.54) is 19.3 Å². The summed E-state index contributed by atoms with van der Waals surface area (Å²) in [6.07, 6.45) is 6.98. The first kappa shape index (κ1) is 19.9. The molecule has 6 nitrogen and oxygen atoms in total. The molecule has 2 amide bonds. The molecule has 0 unspecified atom stereocenters. The van der Waals surface area contributed by atoms with Gasteiger partial charge in [-0.3, -0.25) is 9.59 Å². The Bertz CT molecular complexity index is 764. The molecule has 0 atom stereocenters. The van der Waals surface area contributed by atoms with E-state index in [1.807, 2.05) is 13.8 Å². The molecular formula is C23H30N2O4. The minimum Gasteiger partial charge on any atom is -0.452 e. The normalized spacial score (nSPS) is 29.6. The van der Waals surface area contributed by atoms with Crippen molar-refractivity contribution in [1.82, 2.24) is 5.32 Å². The molecule has 0 aliphatic heterocycles. The Hall–Kier alpha value is -2.37. The average molecular weight is 399 g/mol. The number of nitrogens with one attached hydrogen (secondary N) is 2. The molecule has 2 N–H and O–H groups in total. The number of anilines is 1. The maximum absolute atomic E-state index is 13.1. The number of benzene rings is 1. The zero-order chi connectivity index (χ0) is 20.6. The molecule has 0 saturated heterocycles. The Morgan fingerprint density at radius 2 is 1.55 bits per heavy atom. The smallest absolute Gasteiger partial charge is 0.338 e. The summed E-state index contributed by atoms with van der Waals surface area (Å²) >= 11 is 0. The first-order valence-electron chi connectivity index (χ1n) is 10.7. The predicted octanol–water partition coefficient (Wildman–Crippen LogP) is 3.52. The zero-order valence-corrected chi connectivity index (χ0v) is 17.2. The van der Waals surface area contributed by atoms with Crippen molar-refractivity contribution in [2.75, 3.05) is 11.9 Å². The fourth-order valence-electron chi connectivity index (χ4n) is 5.92. The molecule has 6 heteroatoms. The lowest BCUT2D eigenvalue weighted by Gasteiger charge is -2.55. The second kappa shape index (κ2) is 7.81. The molecule has 0 radical (unpaired) electrons. The second-order valence-electron chi connectivity index (χ2n) is 9.53. The first-order valence-corrected chi connectivity index (χ1v) is 10.7. The summed E-state index contributed by atoms with van der Waals surface area (Å²) < 4.78 is 5.04. The molecular weight excluding hydrogens is 368 g/mol. The van der Waals surface area contributed by atoms with Gasteiger partial charge in [-0.2, -0.15) is 0 Å². The molecule has 1 aromatic rings. The van der Waals surface area contributed by atoms with Gasteiger partial charge in [-0.25, -0.2) is 4.79 Å². The Morgan fingerprint density at radius 3 is 2.07 bits per heavy atom. The van der Waals surface area contributed by atoms with Gasteiger partial charge in [-0.05, 0) is 94.4 Å². The fourth-order valence-corrected chi connectivity index (χ4v) is 5.92. The summed E-state index contributed by atoms with van der Waals surface area (Å²) in [5.74, 6) is 1.42.